The van der Waals surface area contributed by atoms with Crippen LogP contribution in [0.5, 0.6) is 0 Å². The maximum atomic E-state index is 13.2. The van der Waals surface area contributed by atoms with Crippen LogP contribution in [0.2, 0.25) is 0 Å². The molecule has 3 aromatic rings. The first-order valence-electron chi connectivity index (χ1n) is 10.8. The molecule has 0 aliphatic heterocycles. The number of hydrogen-bond acceptors (Lipinski definition) is 5. The summed E-state index contributed by atoms with van der Waals surface area (Å²) in [5, 5.41) is 16.4. The monoisotopic (exact) mass is 463 g/mol. The van der Waals surface area contributed by atoms with Crippen molar-refractivity contribution in [3.8, 4) is 11.8 Å². The molecule has 1 aromatic carbocycles. The maximum Gasteiger partial charge on any atom is 0.349 e. The van der Waals surface area contributed by atoms with Gasteiger partial charge < -0.3 is 14.6 Å². The first-order chi connectivity index (χ1) is 16.2. The molecule has 0 spiro atoms. The van der Waals surface area contributed by atoms with E-state index in [0.717, 1.165) is 29.9 Å². The van der Waals surface area contributed by atoms with Crippen molar-refractivity contribution in [2.75, 3.05) is 11.9 Å². The molecule has 2 aromatic heterocycles. The van der Waals surface area contributed by atoms with Crippen LogP contribution in [0.4, 0.5) is 10.2 Å². The molecule has 3 rings (SSSR count). The Hall–Kier alpha value is -4.19. The number of rotatable bonds is 8. The van der Waals surface area contributed by atoms with Crippen LogP contribution in [0.1, 0.15) is 36.0 Å². The largest absolute Gasteiger partial charge is 0.451 e. The molecule has 1 N–H and O–H groups in total. The maximum absolute atomic E-state index is 13.2. The van der Waals surface area contributed by atoms with E-state index in [1.807, 2.05) is 26.0 Å². The number of carbonyl (C=O) groups is 2. The molecule has 0 saturated heterocycles. The summed E-state index contributed by atoms with van der Waals surface area (Å²) < 4.78 is 21.9. The third kappa shape index (κ3) is 5.59. The van der Waals surface area contributed by atoms with Gasteiger partial charge in [0, 0.05) is 24.0 Å². The van der Waals surface area contributed by atoms with Gasteiger partial charge in [0.15, 0.2) is 6.61 Å². The lowest BCUT2D eigenvalue weighted by Crippen LogP contribution is -2.22. The number of esters is 1. The van der Waals surface area contributed by atoms with Crippen LogP contribution >= 0.6 is 0 Å². The SMILES string of the molecule is CCCn1c(C)cc(/C=C(\C#N)C(=O)OCC(=O)Nc2cc(C)nn2-c2ccc(F)cc2)c1C. The van der Waals surface area contributed by atoms with Crippen LogP contribution in [-0.2, 0) is 20.9 Å². The summed E-state index contributed by atoms with van der Waals surface area (Å²) in [6.07, 6.45) is 2.43. The van der Waals surface area contributed by atoms with E-state index in [0.29, 0.717) is 17.2 Å². The fraction of sp³-hybridized carbons (Fsp3) is 0.280. The molecule has 9 heteroatoms. The van der Waals surface area contributed by atoms with Gasteiger partial charge in [-0.1, -0.05) is 6.92 Å². The minimum Gasteiger partial charge on any atom is -0.451 e. The van der Waals surface area contributed by atoms with E-state index in [4.69, 9.17) is 4.74 Å². The summed E-state index contributed by atoms with van der Waals surface area (Å²) in [5.74, 6) is -1.54. The molecule has 0 radical (unpaired) electrons. The number of anilines is 1. The average Bonchev–Trinajstić information content (AvgIpc) is 3.30. The number of hydrogen-bond donors (Lipinski definition) is 1. The van der Waals surface area contributed by atoms with Gasteiger partial charge in [0.1, 0.15) is 23.3 Å². The topological polar surface area (TPSA) is 102 Å². The van der Waals surface area contributed by atoms with Crippen molar-refractivity contribution in [1.82, 2.24) is 14.3 Å². The van der Waals surface area contributed by atoms with E-state index >= 15 is 0 Å². The number of aromatic nitrogens is 3. The van der Waals surface area contributed by atoms with E-state index in [1.54, 1.807) is 13.0 Å². The number of benzene rings is 1. The Balaban J connectivity index is 1.68. The van der Waals surface area contributed by atoms with Crippen molar-refractivity contribution in [2.45, 2.75) is 40.7 Å². The zero-order valence-electron chi connectivity index (χ0n) is 19.6. The number of amides is 1. The second kappa shape index (κ2) is 10.6. The number of halogens is 1. The Morgan fingerprint density at radius 3 is 2.56 bits per heavy atom. The second-order valence-corrected chi connectivity index (χ2v) is 7.83. The van der Waals surface area contributed by atoms with Crippen LogP contribution in [0.15, 0.2) is 42.0 Å². The fourth-order valence-electron chi connectivity index (χ4n) is 3.59. The van der Waals surface area contributed by atoms with E-state index in [1.165, 1.54) is 35.0 Å². The molecular weight excluding hydrogens is 437 g/mol. The molecule has 0 unspecified atom stereocenters. The third-order valence-corrected chi connectivity index (χ3v) is 5.20. The number of carbonyl (C=O) groups excluding carboxylic acids is 2. The van der Waals surface area contributed by atoms with Crippen molar-refractivity contribution in [3.05, 3.63) is 70.4 Å². The van der Waals surface area contributed by atoms with Crippen molar-refractivity contribution in [2.24, 2.45) is 0 Å². The number of nitrogens with one attached hydrogen (secondary N) is 1. The molecule has 0 fully saturated rings. The molecule has 0 atom stereocenters. The molecule has 34 heavy (non-hydrogen) atoms. The van der Waals surface area contributed by atoms with E-state index in [9.17, 15) is 19.2 Å². The Labute approximate surface area is 197 Å². The Morgan fingerprint density at radius 1 is 1.21 bits per heavy atom. The lowest BCUT2D eigenvalue weighted by atomic mass is 10.1. The number of nitrogens with zero attached hydrogens (tertiary/aromatic N) is 4. The Morgan fingerprint density at radius 2 is 1.91 bits per heavy atom. The highest BCUT2D eigenvalue weighted by Crippen LogP contribution is 2.20. The second-order valence-electron chi connectivity index (χ2n) is 7.83. The number of aryl methyl sites for hydroxylation is 2. The molecule has 0 saturated carbocycles. The highest BCUT2D eigenvalue weighted by Gasteiger charge is 2.17. The number of nitriles is 1. The predicted molar refractivity (Wildman–Crippen MR) is 126 cm³/mol. The van der Waals surface area contributed by atoms with Gasteiger partial charge >= 0.3 is 5.97 Å². The van der Waals surface area contributed by atoms with Crippen molar-refractivity contribution in [1.29, 1.82) is 5.26 Å². The van der Waals surface area contributed by atoms with Crippen LogP contribution < -0.4 is 5.32 Å². The van der Waals surface area contributed by atoms with Crippen molar-refractivity contribution >= 4 is 23.8 Å². The Bertz CT molecular complexity index is 1280. The molecule has 2 heterocycles. The minimum atomic E-state index is -0.888. The lowest BCUT2D eigenvalue weighted by molar-refractivity contribution is -0.142. The summed E-state index contributed by atoms with van der Waals surface area (Å²) in [6.45, 7) is 7.97. The van der Waals surface area contributed by atoms with Gasteiger partial charge in [0.25, 0.3) is 5.91 Å². The molecular formula is C25H26FN5O3. The zero-order chi connectivity index (χ0) is 24.8. The van der Waals surface area contributed by atoms with E-state index < -0.39 is 24.3 Å². The standard InChI is InChI=1S/C25H26FN5O3/c1-5-10-30-17(3)12-19(18(30)4)13-20(14-27)25(33)34-15-24(32)28-23-11-16(2)29-31(23)22-8-6-21(26)7-9-22/h6-9,11-13H,5,10,15H2,1-4H3,(H,28,32)/b20-13+. The van der Waals surface area contributed by atoms with E-state index in [-0.39, 0.29) is 5.57 Å². The van der Waals surface area contributed by atoms with Gasteiger partial charge in [-0.3, -0.25) is 4.79 Å². The number of ether oxygens (including phenoxy) is 1. The highest BCUT2D eigenvalue weighted by atomic mass is 19.1. The molecule has 176 valence electrons. The van der Waals surface area contributed by atoms with Gasteiger partial charge in [-0.25, -0.2) is 13.9 Å². The summed E-state index contributed by atoms with van der Waals surface area (Å²) in [6, 6.07) is 11.0. The zero-order valence-corrected chi connectivity index (χ0v) is 19.6. The molecule has 1 amide bonds. The van der Waals surface area contributed by atoms with Gasteiger partial charge in [-0.2, -0.15) is 10.4 Å². The first-order valence-corrected chi connectivity index (χ1v) is 10.8. The van der Waals surface area contributed by atoms with Gasteiger partial charge in [0.05, 0.1) is 11.4 Å². The van der Waals surface area contributed by atoms with Gasteiger partial charge in [0.2, 0.25) is 0 Å². The van der Waals surface area contributed by atoms with Crippen molar-refractivity contribution < 1.29 is 18.7 Å². The lowest BCUT2D eigenvalue weighted by Gasteiger charge is -2.09. The smallest absolute Gasteiger partial charge is 0.349 e. The van der Waals surface area contributed by atoms with Gasteiger partial charge in [-0.05, 0) is 69.2 Å². The van der Waals surface area contributed by atoms with Crippen LogP contribution in [-0.4, -0.2) is 32.8 Å². The summed E-state index contributed by atoms with van der Waals surface area (Å²) in [7, 11) is 0. The summed E-state index contributed by atoms with van der Waals surface area (Å²) in [4.78, 5) is 24.8. The highest BCUT2D eigenvalue weighted by molar-refractivity contribution is 6.00. The molecule has 0 bridgehead atoms. The molecule has 0 aliphatic rings. The third-order valence-electron chi connectivity index (χ3n) is 5.20. The predicted octanol–water partition coefficient (Wildman–Crippen LogP) is 4.24. The van der Waals surface area contributed by atoms with Crippen LogP contribution in [0.25, 0.3) is 11.8 Å². The van der Waals surface area contributed by atoms with Crippen LogP contribution in [0, 0.1) is 37.9 Å². The van der Waals surface area contributed by atoms with Crippen molar-refractivity contribution in [3.63, 3.8) is 0 Å². The van der Waals surface area contributed by atoms with E-state index in [2.05, 4.69) is 21.9 Å². The molecule has 8 nitrogen and oxygen atoms in total. The minimum absolute atomic E-state index is 0.197. The average molecular weight is 464 g/mol. The molecule has 0 aliphatic carbocycles. The fourth-order valence-corrected chi connectivity index (χ4v) is 3.59. The quantitative estimate of drug-likeness (QED) is 0.306. The summed E-state index contributed by atoms with van der Waals surface area (Å²) in [5.41, 5.74) is 3.72. The normalized spacial score (nSPS) is 11.2. The first kappa shape index (κ1) is 24.5. The van der Waals surface area contributed by atoms with Gasteiger partial charge in [-0.15, -0.1) is 0 Å². The Kier molecular flexibility index (Phi) is 7.64. The summed E-state index contributed by atoms with van der Waals surface area (Å²) >= 11 is 0. The van der Waals surface area contributed by atoms with Crippen LogP contribution in [0.3, 0.4) is 0 Å².